The zero-order valence-electron chi connectivity index (χ0n) is 9.42. The van der Waals surface area contributed by atoms with Crippen LogP contribution in [0.15, 0.2) is 0 Å². The normalized spacial score (nSPS) is 17.5. The molecule has 88 valence electrons. The third-order valence-corrected chi connectivity index (χ3v) is 2.85. The molecule has 15 heavy (non-hydrogen) atoms. The summed E-state index contributed by atoms with van der Waals surface area (Å²) in [5.41, 5.74) is 0.00950. The summed E-state index contributed by atoms with van der Waals surface area (Å²) in [6.45, 7) is 4.10. The highest BCUT2D eigenvalue weighted by Gasteiger charge is 2.41. The van der Waals surface area contributed by atoms with Gasteiger partial charge in [0.2, 0.25) is 5.91 Å². The van der Waals surface area contributed by atoms with E-state index in [1.807, 2.05) is 6.92 Å². The van der Waals surface area contributed by atoms with Crippen LogP contribution in [-0.4, -0.2) is 37.4 Å². The van der Waals surface area contributed by atoms with Gasteiger partial charge in [-0.1, -0.05) is 0 Å². The van der Waals surface area contributed by atoms with Crippen LogP contribution in [-0.2, 0) is 9.53 Å². The molecule has 0 unspecified atom stereocenters. The van der Waals surface area contributed by atoms with E-state index in [1.54, 1.807) is 0 Å². The Bertz CT molecular complexity index is 202. The summed E-state index contributed by atoms with van der Waals surface area (Å²) in [6, 6.07) is 0. The van der Waals surface area contributed by atoms with E-state index in [0.717, 1.165) is 19.3 Å². The van der Waals surface area contributed by atoms with Gasteiger partial charge in [0.05, 0.1) is 6.61 Å². The van der Waals surface area contributed by atoms with Gasteiger partial charge in [-0.25, -0.2) is 0 Å². The van der Waals surface area contributed by atoms with Crippen LogP contribution in [0.3, 0.4) is 0 Å². The predicted molar refractivity (Wildman–Crippen MR) is 57.5 cm³/mol. The van der Waals surface area contributed by atoms with Crippen molar-refractivity contribution in [2.24, 2.45) is 5.41 Å². The van der Waals surface area contributed by atoms with Crippen molar-refractivity contribution in [1.82, 2.24) is 5.32 Å². The van der Waals surface area contributed by atoms with Crippen LogP contribution in [0.2, 0.25) is 0 Å². The van der Waals surface area contributed by atoms with Gasteiger partial charge in [0, 0.05) is 31.6 Å². The number of rotatable bonds is 8. The van der Waals surface area contributed by atoms with Crippen LogP contribution < -0.4 is 5.32 Å². The smallest absolute Gasteiger partial charge is 0.220 e. The molecular weight excluding hydrogens is 194 g/mol. The number of nitrogens with one attached hydrogen (secondary N) is 1. The van der Waals surface area contributed by atoms with E-state index in [0.29, 0.717) is 26.2 Å². The third kappa shape index (κ3) is 4.62. The Morgan fingerprint density at radius 1 is 1.53 bits per heavy atom. The molecule has 0 aromatic rings. The summed E-state index contributed by atoms with van der Waals surface area (Å²) in [7, 11) is 0. The highest BCUT2D eigenvalue weighted by atomic mass is 16.5. The average Bonchev–Trinajstić information content (AvgIpc) is 3.02. The molecule has 0 heterocycles. The lowest BCUT2D eigenvalue weighted by Crippen LogP contribution is -2.31. The summed E-state index contributed by atoms with van der Waals surface area (Å²) < 4.78 is 5.14. The van der Waals surface area contributed by atoms with Gasteiger partial charge >= 0.3 is 0 Å². The number of hydrogen-bond acceptors (Lipinski definition) is 3. The Balaban J connectivity index is 1.99. The summed E-state index contributed by atoms with van der Waals surface area (Å²) in [5.74, 6) is 0.0643. The van der Waals surface area contributed by atoms with Crippen molar-refractivity contribution >= 4 is 5.91 Å². The molecule has 0 aromatic carbocycles. The lowest BCUT2D eigenvalue weighted by molar-refractivity contribution is -0.121. The van der Waals surface area contributed by atoms with Gasteiger partial charge in [-0.05, 0) is 26.2 Å². The fourth-order valence-electron chi connectivity index (χ4n) is 1.42. The largest absolute Gasteiger partial charge is 0.396 e. The molecule has 0 bridgehead atoms. The van der Waals surface area contributed by atoms with Crippen LogP contribution in [0.5, 0.6) is 0 Å². The van der Waals surface area contributed by atoms with E-state index >= 15 is 0 Å². The van der Waals surface area contributed by atoms with Crippen LogP contribution >= 0.6 is 0 Å². The lowest BCUT2D eigenvalue weighted by atomic mass is 10.1. The first-order valence-electron chi connectivity index (χ1n) is 5.68. The Morgan fingerprint density at radius 3 is 2.80 bits per heavy atom. The Kier molecular flexibility index (Phi) is 5.05. The van der Waals surface area contributed by atoms with Crippen molar-refractivity contribution in [3.05, 3.63) is 0 Å². The molecule has 0 spiro atoms. The van der Waals surface area contributed by atoms with E-state index < -0.39 is 0 Å². The highest BCUT2D eigenvalue weighted by molar-refractivity contribution is 5.75. The second kappa shape index (κ2) is 6.08. The van der Waals surface area contributed by atoms with Gasteiger partial charge in [-0.15, -0.1) is 0 Å². The number of carbonyl (C=O) groups is 1. The van der Waals surface area contributed by atoms with Gasteiger partial charge in [-0.3, -0.25) is 4.79 Å². The van der Waals surface area contributed by atoms with Crippen molar-refractivity contribution in [1.29, 1.82) is 0 Å². The van der Waals surface area contributed by atoms with Gasteiger partial charge in [0.15, 0.2) is 0 Å². The first-order valence-corrected chi connectivity index (χ1v) is 5.68. The van der Waals surface area contributed by atoms with Gasteiger partial charge in [0.25, 0.3) is 0 Å². The maximum absolute atomic E-state index is 11.3. The van der Waals surface area contributed by atoms with Crippen molar-refractivity contribution < 1.29 is 14.6 Å². The number of hydrogen-bond donors (Lipinski definition) is 2. The molecule has 0 saturated heterocycles. The molecule has 0 atom stereocenters. The number of ether oxygens (including phenoxy) is 1. The number of carbonyl (C=O) groups excluding carboxylic acids is 1. The molecular formula is C11H21NO3. The molecule has 0 aliphatic heterocycles. The fraction of sp³-hybridized carbons (Fsp3) is 0.909. The zero-order valence-corrected chi connectivity index (χ0v) is 9.42. The van der Waals surface area contributed by atoms with Gasteiger partial charge in [0.1, 0.15) is 0 Å². The SMILES string of the molecule is CCOCCCC(=O)NCC1(CO)CC1. The Labute approximate surface area is 91.0 Å². The molecule has 0 radical (unpaired) electrons. The molecule has 1 amide bonds. The quantitative estimate of drug-likeness (QED) is 0.586. The molecule has 4 nitrogen and oxygen atoms in total. The molecule has 4 heteroatoms. The molecule has 1 aliphatic rings. The van der Waals surface area contributed by atoms with Crippen LogP contribution in [0.4, 0.5) is 0 Å². The maximum atomic E-state index is 11.3. The first-order chi connectivity index (χ1) is 7.22. The standard InChI is InChI=1S/C11H21NO3/c1-2-15-7-3-4-10(14)12-8-11(9-13)5-6-11/h13H,2-9H2,1H3,(H,12,14). The van der Waals surface area contributed by atoms with Crippen LogP contribution in [0.1, 0.15) is 32.6 Å². The molecule has 1 fully saturated rings. The summed E-state index contributed by atoms with van der Waals surface area (Å²) >= 11 is 0. The van der Waals surface area contributed by atoms with E-state index in [4.69, 9.17) is 9.84 Å². The Morgan fingerprint density at radius 2 is 2.27 bits per heavy atom. The molecule has 2 N–H and O–H groups in total. The first kappa shape index (κ1) is 12.5. The minimum atomic E-state index is 0.00950. The fourth-order valence-corrected chi connectivity index (χ4v) is 1.42. The molecule has 1 rings (SSSR count). The van der Waals surface area contributed by atoms with Crippen molar-refractivity contribution in [2.75, 3.05) is 26.4 Å². The van der Waals surface area contributed by atoms with Gasteiger partial charge in [-0.2, -0.15) is 0 Å². The molecule has 1 aliphatic carbocycles. The minimum absolute atomic E-state index is 0.00950. The van der Waals surface area contributed by atoms with Gasteiger partial charge < -0.3 is 15.2 Å². The zero-order chi connectivity index (χ0) is 11.1. The monoisotopic (exact) mass is 215 g/mol. The summed E-state index contributed by atoms with van der Waals surface area (Å²) in [5, 5.41) is 11.9. The predicted octanol–water partition coefficient (Wildman–Crippen LogP) is 0.692. The minimum Gasteiger partial charge on any atom is -0.396 e. The highest BCUT2D eigenvalue weighted by Crippen LogP contribution is 2.44. The van der Waals surface area contributed by atoms with Crippen LogP contribution in [0.25, 0.3) is 0 Å². The third-order valence-electron chi connectivity index (χ3n) is 2.85. The van der Waals surface area contributed by atoms with Crippen molar-refractivity contribution in [2.45, 2.75) is 32.6 Å². The van der Waals surface area contributed by atoms with E-state index in [2.05, 4.69) is 5.32 Å². The second-order valence-corrected chi connectivity index (χ2v) is 4.24. The van der Waals surface area contributed by atoms with Crippen molar-refractivity contribution in [3.8, 4) is 0 Å². The summed E-state index contributed by atoms with van der Waals surface area (Å²) in [6.07, 6.45) is 3.35. The molecule has 1 saturated carbocycles. The number of aliphatic hydroxyl groups is 1. The maximum Gasteiger partial charge on any atom is 0.220 e. The second-order valence-electron chi connectivity index (χ2n) is 4.24. The summed E-state index contributed by atoms with van der Waals surface area (Å²) in [4.78, 5) is 11.3. The topological polar surface area (TPSA) is 58.6 Å². The van der Waals surface area contributed by atoms with E-state index in [-0.39, 0.29) is 17.9 Å². The number of aliphatic hydroxyl groups excluding tert-OH is 1. The lowest BCUT2D eigenvalue weighted by Gasteiger charge is -2.12. The van der Waals surface area contributed by atoms with Crippen molar-refractivity contribution in [3.63, 3.8) is 0 Å². The van der Waals surface area contributed by atoms with E-state index in [9.17, 15) is 4.79 Å². The van der Waals surface area contributed by atoms with Crippen LogP contribution in [0, 0.1) is 5.41 Å². The molecule has 0 aromatic heterocycles. The Hall–Kier alpha value is -0.610. The number of amides is 1. The average molecular weight is 215 g/mol. The van der Waals surface area contributed by atoms with E-state index in [1.165, 1.54) is 0 Å².